The fourth-order valence-electron chi connectivity index (χ4n) is 3.60. The molecule has 0 spiro atoms. The molecule has 2 heterocycles. The van der Waals surface area contributed by atoms with Crippen molar-refractivity contribution in [3.63, 3.8) is 0 Å². The van der Waals surface area contributed by atoms with Gasteiger partial charge in [0.15, 0.2) is 0 Å². The van der Waals surface area contributed by atoms with E-state index in [0.29, 0.717) is 6.42 Å². The average molecular weight is 367 g/mol. The van der Waals surface area contributed by atoms with Gasteiger partial charge in [0.05, 0.1) is 6.04 Å². The molecule has 1 aliphatic rings. The van der Waals surface area contributed by atoms with Crippen molar-refractivity contribution in [1.29, 1.82) is 0 Å². The lowest BCUT2D eigenvalue weighted by atomic mass is 9.94. The molecule has 5 nitrogen and oxygen atoms in total. The van der Waals surface area contributed by atoms with Crippen LogP contribution in [0.3, 0.4) is 0 Å². The average Bonchev–Trinajstić information content (AvgIpc) is 2.67. The predicted molar refractivity (Wildman–Crippen MR) is 109 cm³/mol. The summed E-state index contributed by atoms with van der Waals surface area (Å²) in [4.78, 5) is 21.7. The Kier molecular flexibility index (Phi) is 6.58. The van der Waals surface area contributed by atoms with E-state index in [9.17, 15) is 4.79 Å². The first kappa shape index (κ1) is 19.5. The van der Waals surface area contributed by atoms with Crippen molar-refractivity contribution in [3.05, 3.63) is 65.0 Å². The third-order valence-electron chi connectivity index (χ3n) is 5.31. The van der Waals surface area contributed by atoms with Gasteiger partial charge in [-0.1, -0.05) is 29.8 Å². The minimum absolute atomic E-state index is 0.0859. The van der Waals surface area contributed by atoms with E-state index >= 15 is 0 Å². The SMILES string of the molecule is Cc1ccc(C(NC(=O)CCN2CCN(C)CC2)c2cccnc2)c(C)c1. The zero-order valence-corrected chi connectivity index (χ0v) is 16.6. The number of piperazine rings is 1. The number of benzene rings is 1. The van der Waals surface area contributed by atoms with Gasteiger partial charge in [-0.3, -0.25) is 9.78 Å². The van der Waals surface area contributed by atoms with E-state index in [1.54, 1.807) is 6.20 Å². The Hall–Kier alpha value is -2.24. The summed E-state index contributed by atoms with van der Waals surface area (Å²) in [5, 5.41) is 3.24. The van der Waals surface area contributed by atoms with Crippen molar-refractivity contribution in [2.45, 2.75) is 26.3 Å². The highest BCUT2D eigenvalue weighted by Crippen LogP contribution is 2.25. The van der Waals surface area contributed by atoms with Gasteiger partial charge in [-0.05, 0) is 43.7 Å². The van der Waals surface area contributed by atoms with Crippen molar-refractivity contribution >= 4 is 5.91 Å². The molecule has 5 heteroatoms. The quantitative estimate of drug-likeness (QED) is 0.854. The molecule has 3 rings (SSSR count). The molecule has 1 aliphatic heterocycles. The van der Waals surface area contributed by atoms with E-state index in [2.05, 4.69) is 59.2 Å². The lowest BCUT2D eigenvalue weighted by Crippen LogP contribution is -2.45. The molecule has 0 bridgehead atoms. The van der Waals surface area contributed by atoms with Gasteiger partial charge in [-0.15, -0.1) is 0 Å². The molecule has 1 saturated heterocycles. The highest BCUT2D eigenvalue weighted by Gasteiger charge is 2.20. The van der Waals surface area contributed by atoms with E-state index in [-0.39, 0.29) is 11.9 Å². The van der Waals surface area contributed by atoms with Crippen LogP contribution < -0.4 is 5.32 Å². The van der Waals surface area contributed by atoms with Crippen LogP contribution in [-0.4, -0.2) is 60.5 Å². The van der Waals surface area contributed by atoms with Crippen LogP contribution in [0.15, 0.2) is 42.7 Å². The second-order valence-electron chi connectivity index (χ2n) is 7.54. The van der Waals surface area contributed by atoms with E-state index in [1.165, 1.54) is 11.1 Å². The molecule has 1 aromatic carbocycles. The van der Waals surface area contributed by atoms with Crippen molar-refractivity contribution in [1.82, 2.24) is 20.1 Å². The second kappa shape index (κ2) is 9.11. The molecule has 2 aromatic rings. The smallest absolute Gasteiger partial charge is 0.222 e. The van der Waals surface area contributed by atoms with E-state index < -0.39 is 0 Å². The molecule has 144 valence electrons. The minimum Gasteiger partial charge on any atom is -0.345 e. The number of likely N-dealkylation sites (N-methyl/N-ethyl adjacent to an activating group) is 1. The zero-order chi connectivity index (χ0) is 19.2. The fraction of sp³-hybridized carbons (Fsp3) is 0.455. The van der Waals surface area contributed by atoms with E-state index in [1.807, 2.05) is 18.3 Å². The summed E-state index contributed by atoms with van der Waals surface area (Å²) in [6, 6.07) is 10.2. The summed E-state index contributed by atoms with van der Waals surface area (Å²) in [6.07, 6.45) is 4.12. The number of carbonyl (C=O) groups excluding carboxylic acids is 1. The summed E-state index contributed by atoms with van der Waals surface area (Å²) in [7, 11) is 2.15. The van der Waals surface area contributed by atoms with Crippen molar-refractivity contribution in [2.75, 3.05) is 39.8 Å². The van der Waals surface area contributed by atoms with Crippen LogP contribution in [0.5, 0.6) is 0 Å². The number of hydrogen-bond acceptors (Lipinski definition) is 4. The largest absolute Gasteiger partial charge is 0.345 e. The van der Waals surface area contributed by atoms with E-state index in [0.717, 1.165) is 43.9 Å². The van der Waals surface area contributed by atoms with Gasteiger partial charge < -0.3 is 15.1 Å². The maximum atomic E-state index is 12.7. The maximum Gasteiger partial charge on any atom is 0.222 e. The maximum absolute atomic E-state index is 12.7. The second-order valence-corrected chi connectivity index (χ2v) is 7.54. The number of nitrogens with zero attached hydrogens (tertiary/aromatic N) is 3. The Morgan fingerprint density at radius 3 is 2.63 bits per heavy atom. The highest BCUT2D eigenvalue weighted by molar-refractivity contribution is 5.77. The Labute approximate surface area is 162 Å². The van der Waals surface area contributed by atoms with Gasteiger partial charge in [-0.2, -0.15) is 0 Å². The molecule has 0 radical (unpaired) electrons. The summed E-state index contributed by atoms with van der Waals surface area (Å²) in [5.74, 6) is 0.0859. The van der Waals surface area contributed by atoms with Gasteiger partial charge in [0.2, 0.25) is 5.91 Å². The fourth-order valence-corrected chi connectivity index (χ4v) is 3.60. The standard InChI is InChI=1S/C22H30N4O/c1-17-6-7-20(18(2)15-17)22(19-5-4-9-23-16-19)24-21(27)8-10-26-13-11-25(3)12-14-26/h4-7,9,15-16,22H,8,10-14H2,1-3H3,(H,24,27). The molecule has 1 amide bonds. The first-order valence-corrected chi connectivity index (χ1v) is 9.70. The summed E-state index contributed by atoms with van der Waals surface area (Å²) in [5.41, 5.74) is 4.55. The number of carbonyl (C=O) groups is 1. The third-order valence-corrected chi connectivity index (χ3v) is 5.31. The number of rotatable bonds is 6. The molecule has 1 atom stereocenters. The number of amides is 1. The molecule has 1 fully saturated rings. The lowest BCUT2D eigenvalue weighted by Gasteiger charge is -2.32. The normalized spacial score (nSPS) is 16.9. The van der Waals surface area contributed by atoms with Crippen LogP contribution in [0, 0.1) is 13.8 Å². The number of aromatic nitrogens is 1. The first-order valence-electron chi connectivity index (χ1n) is 9.70. The molecule has 27 heavy (non-hydrogen) atoms. The van der Waals surface area contributed by atoms with Crippen molar-refractivity contribution in [3.8, 4) is 0 Å². The molecule has 1 unspecified atom stereocenters. The Morgan fingerprint density at radius 1 is 1.19 bits per heavy atom. The number of hydrogen-bond donors (Lipinski definition) is 1. The number of pyridine rings is 1. The van der Waals surface area contributed by atoms with Crippen LogP contribution in [0.4, 0.5) is 0 Å². The molecule has 1 N–H and O–H groups in total. The highest BCUT2D eigenvalue weighted by atomic mass is 16.1. The van der Waals surface area contributed by atoms with Crippen molar-refractivity contribution in [2.24, 2.45) is 0 Å². The van der Waals surface area contributed by atoms with E-state index in [4.69, 9.17) is 0 Å². The van der Waals surface area contributed by atoms with Gasteiger partial charge in [0.25, 0.3) is 0 Å². The molecule has 0 aliphatic carbocycles. The Morgan fingerprint density at radius 2 is 1.96 bits per heavy atom. The minimum atomic E-state index is -0.167. The van der Waals surface area contributed by atoms with Gasteiger partial charge in [-0.25, -0.2) is 0 Å². The van der Waals surface area contributed by atoms with Crippen LogP contribution in [0.2, 0.25) is 0 Å². The lowest BCUT2D eigenvalue weighted by molar-refractivity contribution is -0.122. The summed E-state index contributed by atoms with van der Waals surface area (Å²) in [6.45, 7) is 9.21. The summed E-state index contributed by atoms with van der Waals surface area (Å²) >= 11 is 0. The molecular formula is C22H30N4O. The number of nitrogens with one attached hydrogen (secondary N) is 1. The number of aryl methyl sites for hydroxylation is 2. The third kappa shape index (κ3) is 5.37. The Bertz CT molecular complexity index is 754. The first-order chi connectivity index (χ1) is 13.0. The topological polar surface area (TPSA) is 48.5 Å². The van der Waals surface area contributed by atoms with Crippen LogP contribution in [0.25, 0.3) is 0 Å². The summed E-state index contributed by atoms with van der Waals surface area (Å²) < 4.78 is 0. The predicted octanol–water partition coefficient (Wildman–Crippen LogP) is 2.54. The van der Waals surface area contributed by atoms with Crippen molar-refractivity contribution < 1.29 is 4.79 Å². The van der Waals surface area contributed by atoms with Gasteiger partial charge >= 0.3 is 0 Å². The molecule has 0 saturated carbocycles. The molecular weight excluding hydrogens is 336 g/mol. The van der Waals surface area contributed by atoms with Gasteiger partial charge in [0, 0.05) is 51.5 Å². The zero-order valence-electron chi connectivity index (χ0n) is 16.6. The van der Waals surface area contributed by atoms with Crippen LogP contribution >= 0.6 is 0 Å². The molecule has 1 aromatic heterocycles. The van der Waals surface area contributed by atoms with Gasteiger partial charge in [0.1, 0.15) is 0 Å². The van der Waals surface area contributed by atoms with Crippen LogP contribution in [0.1, 0.15) is 34.7 Å². The Balaban J connectivity index is 1.69. The monoisotopic (exact) mass is 366 g/mol. The van der Waals surface area contributed by atoms with Crippen LogP contribution in [-0.2, 0) is 4.79 Å².